The standard InChI is InChI=1S/C17H18Cl2F3N3O2/c1-4-7-27-24-14(12-6-5-11(18)8-13(12)19)9-26-16-10(2)15(17(20,21)22)23-25(16)3/h5-6,8H,4,7,9H2,1-3H3. The number of nitrogens with zero attached hydrogens (tertiary/aromatic N) is 3. The summed E-state index contributed by atoms with van der Waals surface area (Å²) in [5, 5.41) is 8.27. The van der Waals surface area contributed by atoms with Gasteiger partial charge in [0.25, 0.3) is 0 Å². The maximum absolute atomic E-state index is 13.0. The Labute approximate surface area is 164 Å². The molecule has 1 aromatic carbocycles. The number of oxime groups is 1. The van der Waals surface area contributed by atoms with Crippen LogP contribution in [0.25, 0.3) is 0 Å². The number of ether oxygens (including phenoxy) is 1. The number of aryl methyl sites for hydroxylation is 1. The molecule has 0 saturated heterocycles. The summed E-state index contributed by atoms with van der Waals surface area (Å²) < 4.78 is 45.6. The molecule has 0 aliphatic rings. The first-order valence-electron chi connectivity index (χ1n) is 8.03. The van der Waals surface area contributed by atoms with Crippen molar-refractivity contribution < 1.29 is 22.7 Å². The molecule has 0 amide bonds. The highest BCUT2D eigenvalue weighted by Crippen LogP contribution is 2.34. The van der Waals surface area contributed by atoms with Gasteiger partial charge in [-0.05, 0) is 31.5 Å². The van der Waals surface area contributed by atoms with E-state index in [9.17, 15) is 13.2 Å². The van der Waals surface area contributed by atoms with Crippen molar-refractivity contribution in [3.05, 3.63) is 45.1 Å². The van der Waals surface area contributed by atoms with Gasteiger partial charge in [0.2, 0.25) is 5.88 Å². The molecule has 0 N–H and O–H groups in total. The molecule has 10 heteroatoms. The largest absolute Gasteiger partial charge is 0.471 e. The molecule has 148 valence electrons. The lowest BCUT2D eigenvalue weighted by Crippen LogP contribution is -2.16. The summed E-state index contributed by atoms with van der Waals surface area (Å²) in [6.07, 6.45) is -3.83. The van der Waals surface area contributed by atoms with Crippen molar-refractivity contribution in [3.8, 4) is 5.88 Å². The van der Waals surface area contributed by atoms with E-state index in [1.807, 2.05) is 6.92 Å². The number of alkyl halides is 3. The van der Waals surface area contributed by atoms with E-state index in [4.69, 9.17) is 32.8 Å². The molecule has 0 unspecified atom stereocenters. The van der Waals surface area contributed by atoms with E-state index in [0.717, 1.165) is 11.1 Å². The Morgan fingerprint density at radius 1 is 1.30 bits per heavy atom. The van der Waals surface area contributed by atoms with Crippen LogP contribution in [0.1, 0.15) is 30.2 Å². The van der Waals surface area contributed by atoms with Gasteiger partial charge in [0.1, 0.15) is 18.9 Å². The first-order chi connectivity index (χ1) is 12.6. The van der Waals surface area contributed by atoms with Crippen LogP contribution >= 0.6 is 23.2 Å². The SMILES string of the molecule is CCCON=C(COc1c(C)c(C(F)(F)F)nn1C)c1ccc(Cl)cc1Cl. The molecule has 0 aliphatic heterocycles. The van der Waals surface area contributed by atoms with Gasteiger partial charge in [-0.25, -0.2) is 4.68 Å². The third-order valence-corrected chi connectivity index (χ3v) is 4.09. The van der Waals surface area contributed by atoms with Crippen LogP contribution < -0.4 is 4.74 Å². The molecule has 0 spiro atoms. The highest BCUT2D eigenvalue weighted by Gasteiger charge is 2.38. The zero-order chi connectivity index (χ0) is 20.2. The van der Waals surface area contributed by atoms with Crippen LogP contribution in [0.15, 0.2) is 23.4 Å². The van der Waals surface area contributed by atoms with E-state index in [-0.39, 0.29) is 18.1 Å². The number of benzene rings is 1. The molecule has 5 nitrogen and oxygen atoms in total. The lowest BCUT2D eigenvalue weighted by Gasteiger charge is -2.12. The molecule has 1 aromatic heterocycles. The van der Waals surface area contributed by atoms with Gasteiger partial charge in [-0.1, -0.05) is 35.3 Å². The molecule has 0 radical (unpaired) electrons. The van der Waals surface area contributed by atoms with Gasteiger partial charge in [-0.15, -0.1) is 0 Å². The fourth-order valence-electron chi connectivity index (χ4n) is 2.31. The first kappa shape index (κ1) is 21.4. The quantitative estimate of drug-likeness (QED) is 0.346. The van der Waals surface area contributed by atoms with E-state index < -0.39 is 11.9 Å². The number of hydrogen-bond acceptors (Lipinski definition) is 4. The number of halogens is 5. The fraction of sp³-hybridized carbons (Fsp3) is 0.412. The molecule has 1 heterocycles. The topological polar surface area (TPSA) is 48.6 Å². The smallest absolute Gasteiger partial charge is 0.435 e. The van der Waals surface area contributed by atoms with E-state index in [0.29, 0.717) is 27.9 Å². The zero-order valence-electron chi connectivity index (χ0n) is 14.9. The Bertz CT molecular complexity index is 836. The predicted molar refractivity (Wildman–Crippen MR) is 97.7 cm³/mol. The summed E-state index contributed by atoms with van der Waals surface area (Å²) >= 11 is 12.1. The van der Waals surface area contributed by atoms with Crippen molar-refractivity contribution in [2.24, 2.45) is 12.2 Å². The van der Waals surface area contributed by atoms with E-state index in [2.05, 4.69) is 10.3 Å². The molecular formula is C17H18Cl2F3N3O2. The normalized spacial score (nSPS) is 12.4. The minimum absolute atomic E-state index is 0.0180. The van der Waals surface area contributed by atoms with Gasteiger partial charge >= 0.3 is 6.18 Å². The van der Waals surface area contributed by atoms with E-state index in [1.54, 1.807) is 12.1 Å². The third kappa shape index (κ3) is 5.29. The van der Waals surface area contributed by atoms with E-state index >= 15 is 0 Å². The van der Waals surface area contributed by atoms with Crippen molar-refractivity contribution in [3.63, 3.8) is 0 Å². The van der Waals surface area contributed by atoms with Crippen molar-refractivity contribution in [1.82, 2.24) is 9.78 Å². The number of rotatable bonds is 7. The Kier molecular flexibility index (Phi) is 7.00. The second kappa shape index (κ2) is 8.84. The summed E-state index contributed by atoms with van der Waals surface area (Å²) in [6, 6.07) is 4.79. The highest BCUT2D eigenvalue weighted by atomic mass is 35.5. The third-order valence-electron chi connectivity index (χ3n) is 3.55. The number of aromatic nitrogens is 2. The second-order valence-corrected chi connectivity index (χ2v) is 6.53. The van der Waals surface area contributed by atoms with Crippen molar-refractivity contribution >= 4 is 28.9 Å². The lowest BCUT2D eigenvalue weighted by molar-refractivity contribution is -0.141. The van der Waals surface area contributed by atoms with E-state index in [1.165, 1.54) is 20.0 Å². The van der Waals surface area contributed by atoms with Crippen molar-refractivity contribution in [1.29, 1.82) is 0 Å². The highest BCUT2D eigenvalue weighted by molar-refractivity contribution is 6.37. The minimum atomic E-state index is -4.57. The van der Waals surface area contributed by atoms with Gasteiger partial charge in [0.15, 0.2) is 5.69 Å². The molecular weight excluding hydrogens is 406 g/mol. The maximum atomic E-state index is 13.0. The lowest BCUT2D eigenvalue weighted by atomic mass is 10.1. The van der Waals surface area contributed by atoms with Gasteiger partial charge in [-0.3, -0.25) is 0 Å². The van der Waals surface area contributed by atoms with Crippen molar-refractivity contribution in [2.45, 2.75) is 26.4 Å². The summed E-state index contributed by atoms with van der Waals surface area (Å²) in [5.74, 6) is -0.0180. The van der Waals surface area contributed by atoms with Crippen LogP contribution in [0.3, 0.4) is 0 Å². The van der Waals surface area contributed by atoms with Crippen LogP contribution in [-0.2, 0) is 18.1 Å². The summed E-state index contributed by atoms with van der Waals surface area (Å²) in [6.45, 7) is 3.42. The molecule has 0 saturated carbocycles. The number of hydrogen-bond donors (Lipinski definition) is 0. The Balaban J connectivity index is 2.30. The average Bonchev–Trinajstić information content (AvgIpc) is 2.86. The first-order valence-corrected chi connectivity index (χ1v) is 8.78. The molecule has 0 bridgehead atoms. The van der Waals surface area contributed by atoms with Crippen LogP contribution in [0.4, 0.5) is 13.2 Å². The molecule has 0 atom stereocenters. The molecule has 0 fully saturated rings. The minimum Gasteiger partial charge on any atom is -0.471 e. The van der Waals surface area contributed by atoms with Gasteiger partial charge in [0, 0.05) is 23.2 Å². The average molecular weight is 424 g/mol. The van der Waals surface area contributed by atoms with Crippen LogP contribution in [0.5, 0.6) is 5.88 Å². The molecule has 27 heavy (non-hydrogen) atoms. The van der Waals surface area contributed by atoms with Gasteiger partial charge in [0.05, 0.1) is 5.02 Å². The van der Waals surface area contributed by atoms with Crippen LogP contribution in [0, 0.1) is 6.92 Å². The monoisotopic (exact) mass is 423 g/mol. The molecule has 2 aromatic rings. The van der Waals surface area contributed by atoms with Gasteiger partial charge < -0.3 is 9.57 Å². The Morgan fingerprint density at radius 2 is 2.00 bits per heavy atom. The zero-order valence-corrected chi connectivity index (χ0v) is 16.4. The van der Waals surface area contributed by atoms with Crippen molar-refractivity contribution in [2.75, 3.05) is 13.2 Å². The molecule has 0 aliphatic carbocycles. The predicted octanol–water partition coefficient (Wildman–Crippen LogP) is 5.26. The summed E-state index contributed by atoms with van der Waals surface area (Å²) in [4.78, 5) is 5.21. The Morgan fingerprint density at radius 3 is 2.56 bits per heavy atom. The second-order valence-electron chi connectivity index (χ2n) is 5.68. The van der Waals surface area contributed by atoms with Crippen LogP contribution in [0.2, 0.25) is 10.0 Å². The Hall–Kier alpha value is -1.93. The summed E-state index contributed by atoms with van der Waals surface area (Å²) in [5.41, 5.74) is -0.279. The fourth-order valence-corrected chi connectivity index (χ4v) is 2.83. The summed E-state index contributed by atoms with van der Waals surface area (Å²) in [7, 11) is 1.37. The van der Waals surface area contributed by atoms with Gasteiger partial charge in [-0.2, -0.15) is 18.3 Å². The molecule has 2 rings (SSSR count). The maximum Gasteiger partial charge on any atom is 0.435 e. The van der Waals surface area contributed by atoms with Crippen LogP contribution in [-0.4, -0.2) is 28.7 Å².